The van der Waals surface area contributed by atoms with Crippen molar-refractivity contribution in [3.8, 4) is 0 Å². The molecule has 6 heteroatoms. The van der Waals surface area contributed by atoms with Crippen LogP contribution < -0.4 is 0 Å². The molecular weight excluding hydrogens is 276 g/mol. The molecule has 3 rings (SSSR count). The fraction of sp³-hybridized carbons (Fsp3) is 0.562. The van der Waals surface area contributed by atoms with Gasteiger partial charge in [0.1, 0.15) is 0 Å². The molecule has 2 aromatic heterocycles. The normalized spacial score (nSPS) is 19.2. The number of likely N-dealkylation sites (tertiary alicyclic amines) is 1. The van der Waals surface area contributed by atoms with E-state index in [1.54, 1.807) is 0 Å². The first kappa shape index (κ1) is 15.1. The summed E-state index contributed by atoms with van der Waals surface area (Å²) in [5.41, 5.74) is 4.55. The number of aryl methyl sites for hydroxylation is 1. The zero-order valence-electron chi connectivity index (χ0n) is 13.6. The van der Waals surface area contributed by atoms with Gasteiger partial charge < -0.3 is 4.90 Å². The van der Waals surface area contributed by atoms with Crippen LogP contribution in [0.4, 0.5) is 0 Å². The Morgan fingerprint density at radius 2 is 2.18 bits per heavy atom. The lowest BCUT2D eigenvalue weighted by Gasteiger charge is -2.24. The summed E-state index contributed by atoms with van der Waals surface area (Å²) in [6, 6.07) is 0.365. The molecule has 118 valence electrons. The van der Waals surface area contributed by atoms with E-state index in [1.165, 1.54) is 12.0 Å². The number of H-pyrrole nitrogens is 1. The summed E-state index contributed by atoms with van der Waals surface area (Å²) in [5, 5.41) is 7.14. The Bertz CT molecular complexity index is 621. The van der Waals surface area contributed by atoms with Crippen LogP contribution in [0, 0.1) is 6.92 Å². The molecule has 1 aliphatic rings. The van der Waals surface area contributed by atoms with E-state index in [0.29, 0.717) is 6.04 Å². The second-order valence-corrected chi connectivity index (χ2v) is 6.32. The summed E-state index contributed by atoms with van der Waals surface area (Å²) >= 11 is 0. The first-order valence-corrected chi connectivity index (χ1v) is 7.82. The van der Waals surface area contributed by atoms with E-state index in [1.807, 2.05) is 18.6 Å². The van der Waals surface area contributed by atoms with Crippen molar-refractivity contribution in [3.63, 3.8) is 0 Å². The number of aromatic amines is 1. The molecule has 0 aromatic carbocycles. The second-order valence-electron chi connectivity index (χ2n) is 6.32. The van der Waals surface area contributed by atoms with Crippen molar-refractivity contribution in [3.05, 3.63) is 41.2 Å². The van der Waals surface area contributed by atoms with Gasteiger partial charge in [-0.2, -0.15) is 5.10 Å². The molecule has 2 aromatic rings. The summed E-state index contributed by atoms with van der Waals surface area (Å²) in [7, 11) is 4.11. The van der Waals surface area contributed by atoms with Gasteiger partial charge in [-0.15, -0.1) is 0 Å². The number of nitrogens with one attached hydrogen (secondary N) is 1. The smallest absolute Gasteiger partial charge is 0.0762 e. The van der Waals surface area contributed by atoms with Crippen LogP contribution in [-0.2, 0) is 13.1 Å². The topological polar surface area (TPSA) is 60.9 Å². The van der Waals surface area contributed by atoms with Crippen molar-refractivity contribution in [2.24, 2.45) is 0 Å². The van der Waals surface area contributed by atoms with Crippen molar-refractivity contribution in [2.75, 3.05) is 20.6 Å². The fourth-order valence-electron chi connectivity index (χ4n) is 3.09. The largest absolute Gasteiger partial charge is 0.304 e. The van der Waals surface area contributed by atoms with Crippen LogP contribution in [0.15, 0.2) is 18.6 Å². The summed E-state index contributed by atoms with van der Waals surface area (Å²) in [6.45, 7) is 4.93. The molecule has 1 N–H and O–H groups in total. The minimum absolute atomic E-state index is 0.365. The van der Waals surface area contributed by atoms with Crippen LogP contribution in [0.5, 0.6) is 0 Å². The number of nitrogens with zero attached hydrogens (tertiary/aromatic N) is 5. The molecule has 1 atom stereocenters. The SMILES string of the molecule is Cc1[nH]ncc1CN1CCC[C@@H]1c1cncc(CN(C)C)n1. The maximum absolute atomic E-state index is 4.83. The molecule has 0 radical (unpaired) electrons. The zero-order valence-corrected chi connectivity index (χ0v) is 13.6. The first-order valence-electron chi connectivity index (χ1n) is 7.82. The van der Waals surface area contributed by atoms with Crippen LogP contribution in [0.25, 0.3) is 0 Å². The molecule has 0 unspecified atom stereocenters. The molecule has 6 nitrogen and oxygen atoms in total. The second kappa shape index (κ2) is 6.54. The van der Waals surface area contributed by atoms with Gasteiger partial charge in [0, 0.05) is 36.7 Å². The van der Waals surface area contributed by atoms with Crippen molar-refractivity contribution >= 4 is 0 Å². The third kappa shape index (κ3) is 3.34. The van der Waals surface area contributed by atoms with E-state index in [2.05, 4.69) is 46.0 Å². The van der Waals surface area contributed by atoms with E-state index in [0.717, 1.165) is 43.1 Å². The minimum atomic E-state index is 0.365. The van der Waals surface area contributed by atoms with Crippen LogP contribution in [0.1, 0.15) is 41.5 Å². The lowest BCUT2D eigenvalue weighted by atomic mass is 10.1. The molecule has 0 amide bonds. The van der Waals surface area contributed by atoms with Crippen molar-refractivity contribution in [2.45, 2.75) is 38.9 Å². The predicted octanol–water partition coefficient (Wildman–Crippen LogP) is 1.91. The van der Waals surface area contributed by atoms with E-state index in [-0.39, 0.29) is 0 Å². The van der Waals surface area contributed by atoms with Gasteiger partial charge in [0.05, 0.1) is 23.6 Å². The van der Waals surface area contributed by atoms with Crippen molar-refractivity contribution in [1.82, 2.24) is 30.0 Å². The van der Waals surface area contributed by atoms with Gasteiger partial charge >= 0.3 is 0 Å². The van der Waals surface area contributed by atoms with Gasteiger partial charge in [-0.1, -0.05) is 0 Å². The van der Waals surface area contributed by atoms with E-state index >= 15 is 0 Å². The third-order valence-electron chi connectivity index (χ3n) is 4.19. The standard InChI is InChI=1S/C16H24N6/c1-12-13(7-18-20-12)10-22-6-4-5-16(22)15-9-17-8-14(19-15)11-21(2)3/h7-9,16H,4-6,10-11H2,1-3H3,(H,18,20)/t16-/m1/s1. The molecular formula is C16H24N6. The molecule has 1 saturated heterocycles. The summed E-state index contributed by atoms with van der Waals surface area (Å²) < 4.78 is 0. The number of rotatable bonds is 5. The molecule has 3 heterocycles. The predicted molar refractivity (Wildman–Crippen MR) is 85.1 cm³/mol. The van der Waals surface area contributed by atoms with Gasteiger partial charge in [0.15, 0.2) is 0 Å². The van der Waals surface area contributed by atoms with Crippen molar-refractivity contribution < 1.29 is 0 Å². The molecule has 0 bridgehead atoms. The average Bonchev–Trinajstić information content (AvgIpc) is 3.09. The van der Waals surface area contributed by atoms with Crippen LogP contribution in [-0.4, -0.2) is 50.6 Å². The quantitative estimate of drug-likeness (QED) is 0.914. The van der Waals surface area contributed by atoms with Crippen LogP contribution in [0.3, 0.4) is 0 Å². The van der Waals surface area contributed by atoms with Gasteiger partial charge in [0.25, 0.3) is 0 Å². The average molecular weight is 300 g/mol. The van der Waals surface area contributed by atoms with Gasteiger partial charge in [-0.25, -0.2) is 0 Å². The summed E-state index contributed by atoms with van der Waals surface area (Å²) in [6.07, 6.45) is 8.07. The summed E-state index contributed by atoms with van der Waals surface area (Å²) in [4.78, 5) is 13.8. The highest BCUT2D eigenvalue weighted by Crippen LogP contribution is 2.32. The molecule has 1 fully saturated rings. The Morgan fingerprint density at radius 3 is 2.91 bits per heavy atom. The molecule has 0 saturated carbocycles. The molecule has 0 aliphatic carbocycles. The molecule has 1 aliphatic heterocycles. The summed E-state index contributed by atoms with van der Waals surface area (Å²) in [5.74, 6) is 0. The van der Waals surface area contributed by atoms with E-state index < -0.39 is 0 Å². The Kier molecular flexibility index (Phi) is 4.49. The maximum Gasteiger partial charge on any atom is 0.0762 e. The Morgan fingerprint density at radius 1 is 1.32 bits per heavy atom. The lowest BCUT2D eigenvalue weighted by Crippen LogP contribution is -2.24. The zero-order chi connectivity index (χ0) is 15.5. The van der Waals surface area contributed by atoms with Crippen LogP contribution >= 0.6 is 0 Å². The maximum atomic E-state index is 4.83. The highest BCUT2D eigenvalue weighted by atomic mass is 15.2. The highest BCUT2D eigenvalue weighted by molar-refractivity contribution is 5.16. The Hall–Kier alpha value is -1.79. The van der Waals surface area contributed by atoms with E-state index in [9.17, 15) is 0 Å². The number of hydrogen-bond acceptors (Lipinski definition) is 5. The third-order valence-corrected chi connectivity index (χ3v) is 4.19. The lowest BCUT2D eigenvalue weighted by molar-refractivity contribution is 0.243. The van der Waals surface area contributed by atoms with Gasteiger partial charge in [-0.3, -0.25) is 20.0 Å². The Balaban J connectivity index is 1.76. The van der Waals surface area contributed by atoms with Gasteiger partial charge in [0.2, 0.25) is 0 Å². The first-order chi connectivity index (χ1) is 10.6. The number of aromatic nitrogens is 4. The molecule has 22 heavy (non-hydrogen) atoms. The number of hydrogen-bond donors (Lipinski definition) is 1. The van der Waals surface area contributed by atoms with Gasteiger partial charge in [-0.05, 0) is 40.4 Å². The fourth-order valence-corrected chi connectivity index (χ4v) is 3.09. The van der Waals surface area contributed by atoms with Crippen LogP contribution in [0.2, 0.25) is 0 Å². The highest BCUT2D eigenvalue weighted by Gasteiger charge is 2.28. The minimum Gasteiger partial charge on any atom is -0.304 e. The van der Waals surface area contributed by atoms with E-state index in [4.69, 9.17) is 4.98 Å². The Labute approximate surface area is 131 Å². The van der Waals surface area contributed by atoms with Crippen molar-refractivity contribution in [1.29, 1.82) is 0 Å². The molecule has 0 spiro atoms. The monoisotopic (exact) mass is 300 g/mol.